The lowest BCUT2D eigenvalue weighted by molar-refractivity contribution is -0.149. The van der Waals surface area contributed by atoms with E-state index in [1.54, 1.807) is 7.05 Å². The smallest absolute Gasteiger partial charge is 0.317 e. The van der Waals surface area contributed by atoms with Gasteiger partial charge in [0, 0.05) is 36.8 Å². The van der Waals surface area contributed by atoms with Crippen LogP contribution in [0.15, 0.2) is 11.9 Å². The highest BCUT2D eigenvalue weighted by Gasteiger charge is 2.49. The van der Waals surface area contributed by atoms with Gasteiger partial charge in [0.05, 0.1) is 7.11 Å². The van der Waals surface area contributed by atoms with Gasteiger partial charge in [-0.3, -0.25) is 14.6 Å². The maximum atomic E-state index is 12.4. The Morgan fingerprint density at radius 2 is 2.35 bits per heavy atom. The fraction of sp³-hybridized carbons (Fsp3) is 0.692. The van der Waals surface area contributed by atoms with Crippen LogP contribution in [-0.2, 0) is 14.3 Å². The van der Waals surface area contributed by atoms with E-state index < -0.39 is 11.9 Å². The van der Waals surface area contributed by atoms with Crippen LogP contribution in [0.4, 0.5) is 0 Å². The highest BCUT2D eigenvalue weighted by atomic mass is 16.5. The predicted molar refractivity (Wildman–Crippen MR) is 72.8 cm³/mol. The number of methoxy groups -OCH3 is 1. The summed E-state index contributed by atoms with van der Waals surface area (Å²) in [7, 11) is 3.03. The van der Waals surface area contributed by atoms with Gasteiger partial charge in [0.2, 0.25) is 0 Å². The second-order valence-electron chi connectivity index (χ2n) is 5.09. The Morgan fingerprint density at radius 1 is 1.60 bits per heavy atom. The average Bonchev–Trinajstić information content (AvgIpc) is 3.13. The summed E-state index contributed by atoms with van der Waals surface area (Å²) >= 11 is 0. The second kappa shape index (κ2) is 6.23. The van der Waals surface area contributed by atoms with Crippen molar-refractivity contribution in [3.8, 4) is 0 Å². The summed E-state index contributed by atoms with van der Waals surface area (Å²) in [4.78, 5) is 24.1. The Kier molecular flexibility index (Phi) is 4.61. The minimum Gasteiger partial charge on any atom is -0.468 e. The number of nitrogens with one attached hydrogen (secondary N) is 3. The zero-order valence-electron chi connectivity index (χ0n) is 12.1. The number of hydrogen-bond donors (Lipinski definition) is 3. The minimum atomic E-state index is -0.711. The Morgan fingerprint density at radius 3 is 2.90 bits per heavy atom. The van der Waals surface area contributed by atoms with Crippen molar-refractivity contribution in [1.29, 1.82) is 0 Å². The summed E-state index contributed by atoms with van der Waals surface area (Å²) in [6.45, 7) is 3.19. The van der Waals surface area contributed by atoms with E-state index in [2.05, 4.69) is 16.3 Å². The van der Waals surface area contributed by atoms with Gasteiger partial charge in [0.1, 0.15) is 5.92 Å². The molecule has 1 aliphatic heterocycles. The number of rotatable bonds is 7. The number of ketones is 1. The SMILES string of the molecule is CCN1C=C([C@@H]2C[C@@H]2C(=O)C(CNC)C(=O)OC)NN1. The van der Waals surface area contributed by atoms with Crippen LogP contribution >= 0.6 is 0 Å². The molecule has 20 heavy (non-hydrogen) atoms. The van der Waals surface area contributed by atoms with E-state index in [4.69, 9.17) is 4.74 Å². The number of esters is 1. The maximum Gasteiger partial charge on any atom is 0.317 e. The largest absolute Gasteiger partial charge is 0.468 e. The molecule has 7 nitrogen and oxygen atoms in total. The molecule has 3 N–H and O–H groups in total. The van der Waals surface area contributed by atoms with Crippen molar-refractivity contribution < 1.29 is 14.3 Å². The second-order valence-corrected chi connectivity index (χ2v) is 5.09. The normalized spacial score (nSPS) is 25.8. The van der Waals surface area contributed by atoms with Crippen molar-refractivity contribution in [3.63, 3.8) is 0 Å². The summed E-state index contributed by atoms with van der Waals surface area (Å²) in [6, 6.07) is 0. The zero-order chi connectivity index (χ0) is 14.7. The molecule has 2 aliphatic rings. The minimum absolute atomic E-state index is 0.0335. The van der Waals surface area contributed by atoms with E-state index in [-0.39, 0.29) is 17.6 Å². The average molecular weight is 282 g/mol. The van der Waals surface area contributed by atoms with Crippen LogP contribution in [0.2, 0.25) is 0 Å². The molecule has 1 heterocycles. The van der Waals surface area contributed by atoms with Gasteiger partial charge in [-0.15, -0.1) is 5.53 Å². The Hall–Kier alpha value is -1.60. The lowest BCUT2D eigenvalue weighted by atomic mass is 9.99. The molecule has 0 saturated heterocycles. The molecule has 0 aromatic heterocycles. The first-order chi connectivity index (χ1) is 9.62. The van der Waals surface area contributed by atoms with E-state index in [1.807, 2.05) is 18.1 Å². The van der Waals surface area contributed by atoms with Crippen molar-refractivity contribution in [1.82, 2.24) is 21.3 Å². The number of carbonyl (C=O) groups excluding carboxylic acids is 2. The Balaban J connectivity index is 1.96. The number of carbonyl (C=O) groups is 2. The van der Waals surface area contributed by atoms with Crippen molar-refractivity contribution >= 4 is 11.8 Å². The number of hydrogen-bond acceptors (Lipinski definition) is 7. The molecule has 0 aromatic rings. The third-order valence-electron chi connectivity index (χ3n) is 3.77. The van der Waals surface area contributed by atoms with Gasteiger partial charge in [-0.25, -0.2) is 0 Å². The molecular weight excluding hydrogens is 260 g/mol. The number of ether oxygens (including phenoxy) is 1. The number of allylic oxidation sites excluding steroid dienone is 1. The van der Waals surface area contributed by atoms with Crippen LogP contribution in [0.5, 0.6) is 0 Å². The Bertz CT molecular complexity index is 424. The molecule has 1 saturated carbocycles. The van der Waals surface area contributed by atoms with Crippen LogP contribution in [0.3, 0.4) is 0 Å². The third-order valence-corrected chi connectivity index (χ3v) is 3.77. The fourth-order valence-electron chi connectivity index (χ4n) is 2.49. The highest BCUT2D eigenvalue weighted by Crippen LogP contribution is 2.45. The monoisotopic (exact) mass is 282 g/mol. The van der Waals surface area contributed by atoms with Crippen LogP contribution < -0.4 is 16.3 Å². The highest BCUT2D eigenvalue weighted by molar-refractivity contribution is 6.01. The van der Waals surface area contributed by atoms with Crippen LogP contribution in [0.25, 0.3) is 0 Å². The van der Waals surface area contributed by atoms with Gasteiger partial charge in [-0.05, 0) is 20.4 Å². The summed E-state index contributed by atoms with van der Waals surface area (Å²) in [5, 5.41) is 4.79. The maximum absolute atomic E-state index is 12.4. The lowest BCUT2D eigenvalue weighted by Gasteiger charge is -2.13. The molecule has 1 aliphatic carbocycles. The molecule has 0 spiro atoms. The summed E-state index contributed by atoms with van der Waals surface area (Å²) in [5.74, 6) is -1.12. The van der Waals surface area contributed by atoms with E-state index in [0.29, 0.717) is 6.54 Å². The van der Waals surface area contributed by atoms with Crippen LogP contribution in [-0.4, -0.2) is 44.0 Å². The van der Waals surface area contributed by atoms with Crippen LogP contribution in [0.1, 0.15) is 13.3 Å². The van der Waals surface area contributed by atoms with Gasteiger partial charge >= 0.3 is 5.97 Å². The first kappa shape index (κ1) is 14.8. The van der Waals surface area contributed by atoms with E-state index >= 15 is 0 Å². The van der Waals surface area contributed by atoms with Crippen molar-refractivity contribution in [2.75, 3.05) is 27.2 Å². The van der Waals surface area contributed by atoms with Crippen molar-refractivity contribution in [2.24, 2.45) is 17.8 Å². The van der Waals surface area contributed by atoms with Crippen molar-refractivity contribution in [2.45, 2.75) is 13.3 Å². The molecular formula is C13H22N4O3. The molecule has 1 unspecified atom stereocenters. The molecule has 0 amide bonds. The molecule has 0 radical (unpaired) electrons. The third kappa shape index (κ3) is 2.94. The number of Topliss-reactive ketones (excluding diaryl/α,β-unsaturated/α-hetero) is 1. The first-order valence-corrected chi connectivity index (χ1v) is 6.88. The fourth-order valence-corrected chi connectivity index (χ4v) is 2.49. The van der Waals surface area contributed by atoms with E-state index in [1.165, 1.54) is 7.11 Å². The Labute approximate surface area is 118 Å². The van der Waals surface area contributed by atoms with Gasteiger partial charge in [0.15, 0.2) is 5.78 Å². The van der Waals surface area contributed by atoms with Crippen LogP contribution in [0, 0.1) is 17.8 Å². The van der Waals surface area contributed by atoms with E-state index in [9.17, 15) is 9.59 Å². The quantitative estimate of drug-likeness (QED) is 0.424. The molecule has 2 rings (SSSR count). The molecule has 7 heteroatoms. The molecule has 0 aromatic carbocycles. The predicted octanol–water partition coefficient (Wildman–Crippen LogP) is -0.614. The number of hydrazine groups is 2. The summed E-state index contributed by atoms with van der Waals surface area (Å²) in [6.07, 6.45) is 2.76. The standard InChI is InChI=1S/C13H22N4O3/c1-4-17-7-11(15-16-17)8-5-9(8)12(18)10(6-14-2)13(19)20-3/h7-10,14-16H,4-6H2,1-3H3/t8-,9+,10?/m1/s1. The lowest BCUT2D eigenvalue weighted by Crippen LogP contribution is -2.37. The zero-order valence-corrected chi connectivity index (χ0v) is 12.1. The summed E-state index contributed by atoms with van der Waals surface area (Å²) < 4.78 is 4.71. The molecule has 1 fully saturated rings. The topological polar surface area (TPSA) is 82.7 Å². The van der Waals surface area contributed by atoms with Gasteiger partial charge in [-0.1, -0.05) is 0 Å². The van der Waals surface area contributed by atoms with Gasteiger partial charge in [0.25, 0.3) is 0 Å². The number of nitrogens with zero attached hydrogens (tertiary/aromatic N) is 1. The van der Waals surface area contributed by atoms with E-state index in [0.717, 1.165) is 18.7 Å². The first-order valence-electron chi connectivity index (χ1n) is 6.88. The molecule has 112 valence electrons. The van der Waals surface area contributed by atoms with Crippen molar-refractivity contribution in [3.05, 3.63) is 11.9 Å². The van der Waals surface area contributed by atoms with Gasteiger partial charge < -0.3 is 15.5 Å². The van der Waals surface area contributed by atoms with Gasteiger partial charge in [-0.2, -0.15) is 0 Å². The summed E-state index contributed by atoms with van der Waals surface area (Å²) in [5.41, 5.74) is 7.08. The molecule has 0 bridgehead atoms. The molecule has 3 atom stereocenters.